The predicted molar refractivity (Wildman–Crippen MR) is 154 cm³/mol. The van der Waals surface area contributed by atoms with Crippen LogP contribution in [0.15, 0.2) is 78.9 Å². The standard InChI is InChI=1S/C33H36N2O6/c1-21(40-19-22-9-3-2-4-10-22)31(32(37)38)35-30(36)17-24(23-15-16-23)18-34-33(39)41-20-29-27-13-7-5-11-25(27)26-12-6-8-14-28(26)29/h2-14,21,23-24,29,31H,15-20H2,1H3,(H,34,39)(H,35,36)(H,37,38)/t21-,24?,31+/m1/s1. The highest BCUT2D eigenvalue weighted by Crippen LogP contribution is 2.44. The molecule has 3 aromatic carbocycles. The average Bonchev–Trinajstić information content (AvgIpc) is 3.78. The molecule has 0 heterocycles. The molecule has 1 unspecified atom stereocenters. The molecule has 0 radical (unpaired) electrons. The summed E-state index contributed by atoms with van der Waals surface area (Å²) in [7, 11) is 0. The second-order valence-corrected chi connectivity index (χ2v) is 10.9. The zero-order valence-electron chi connectivity index (χ0n) is 23.1. The predicted octanol–water partition coefficient (Wildman–Crippen LogP) is 5.12. The molecule has 2 amide bonds. The minimum Gasteiger partial charge on any atom is -0.480 e. The van der Waals surface area contributed by atoms with Gasteiger partial charge in [-0.2, -0.15) is 0 Å². The largest absolute Gasteiger partial charge is 0.480 e. The number of hydrogen-bond donors (Lipinski definition) is 3. The zero-order valence-corrected chi connectivity index (χ0v) is 23.1. The summed E-state index contributed by atoms with van der Waals surface area (Å²) in [6, 6.07) is 24.6. The third kappa shape index (κ3) is 7.13. The molecule has 2 aliphatic rings. The lowest BCUT2D eigenvalue weighted by atomic mass is 9.98. The maximum atomic E-state index is 12.9. The summed E-state index contributed by atoms with van der Waals surface area (Å²) < 4.78 is 11.4. The molecule has 0 bridgehead atoms. The van der Waals surface area contributed by atoms with E-state index >= 15 is 0 Å². The van der Waals surface area contributed by atoms with Crippen molar-refractivity contribution >= 4 is 18.0 Å². The first-order valence-electron chi connectivity index (χ1n) is 14.2. The number of nitrogens with one attached hydrogen (secondary N) is 2. The second-order valence-electron chi connectivity index (χ2n) is 10.9. The Bertz CT molecular complexity index is 1330. The number of hydrogen-bond acceptors (Lipinski definition) is 5. The molecule has 3 atom stereocenters. The molecule has 1 saturated carbocycles. The normalized spacial score (nSPS) is 16.1. The Morgan fingerprint density at radius 2 is 1.51 bits per heavy atom. The van der Waals surface area contributed by atoms with E-state index in [-0.39, 0.29) is 43.9 Å². The molecule has 0 saturated heterocycles. The van der Waals surface area contributed by atoms with E-state index in [0.717, 1.165) is 40.7 Å². The number of amides is 2. The fourth-order valence-corrected chi connectivity index (χ4v) is 5.59. The van der Waals surface area contributed by atoms with Crippen LogP contribution in [0.2, 0.25) is 0 Å². The van der Waals surface area contributed by atoms with Gasteiger partial charge in [0.25, 0.3) is 0 Å². The van der Waals surface area contributed by atoms with Crippen molar-refractivity contribution in [2.24, 2.45) is 11.8 Å². The van der Waals surface area contributed by atoms with E-state index in [4.69, 9.17) is 9.47 Å². The van der Waals surface area contributed by atoms with Crippen molar-refractivity contribution in [3.8, 4) is 11.1 Å². The van der Waals surface area contributed by atoms with Gasteiger partial charge >= 0.3 is 12.1 Å². The molecular weight excluding hydrogens is 520 g/mol. The first kappa shape index (κ1) is 28.4. The Morgan fingerprint density at radius 1 is 0.902 bits per heavy atom. The van der Waals surface area contributed by atoms with Crippen LogP contribution in [0.5, 0.6) is 0 Å². The van der Waals surface area contributed by atoms with Crippen LogP contribution in [-0.2, 0) is 25.7 Å². The molecule has 0 aliphatic heterocycles. The Balaban J connectivity index is 1.11. The van der Waals surface area contributed by atoms with Crippen LogP contribution < -0.4 is 10.6 Å². The second kappa shape index (κ2) is 13.0. The van der Waals surface area contributed by atoms with E-state index < -0.39 is 24.2 Å². The van der Waals surface area contributed by atoms with Gasteiger partial charge in [0.1, 0.15) is 6.61 Å². The fraction of sp³-hybridized carbons (Fsp3) is 0.364. The van der Waals surface area contributed by atoms with Gasteiger partial charge in [0.2, 0.25) is 5.91 Å². The number of fused-ring (bicyclic) bond motifs is 3. The van der Waals surface area contributed by atoms with E-state index in [9.17, 15) is 19.5 Å². The molecule has 41 heavy (non-hydrogen) atoms. The number of aliphatic carboxylic acids is 1. The van der Waals surface area contributed by atoms with Crippen LogP contribution >= 0.6 is 0 Å². The summed E-state index contributed by atoms with van der Waals surface area (Å²) in [6.45, 7) is 2.39. The minimum atomic E-state index is -1.18. The van der Waals surface area contributed by atoms with E-state index in [0.29, 0.717) is 5.92 Å². The Morgan fingerprint density at radius 3 is 2.12 bits per heavy atom. The summed E-state index contributed by atoms with van der Waals surface area (Å²) in [6.07, 6.45) is 0.815. The summed E-state index contributed by atoms with van der Waals surface area (Å²) in [5, 5.41) is 15.2. The molecule has 1 fully saturated rings. The van der Waals surface area contributed by atoms with Gasteiger partial charge in [-0.25, -0.2) is 9.59 Å². The number of ether oxygens (including phenoxy) is 2. The summed E-state index contributed by atoms with van der Waals surface area (Å²) in [5.41, 5.74) is 5.53. The number of carboxylic acid groups (broad SMARTS) is 1. The zero-order chi connectivity index (χ0) is 28.8. The van der Waals surface area contributed by atoms with Crippen molar-refractivity contribution in [3.05, 3.63) is 95.6 Å². The molecule has 3 N–H and O–H groups in total. The maximum Gasteiger partial charge on any atom is 0.407 e. The highest BCUT2D eigenvalue weighted by molar-refractivity contribution is 5.84. The Hall–Kier alpha value is -4.17. The highest BCUT2D eigenvalue weighted by atomic mass is 16.5. The first-order chi connectivity index (χ1) is 19.9. The lowest BCUT2D eigenvalue weighted by Crippen LogP contribution is -2.49. The van der Waals surface area contributed by atoms with Gasteiger partial charge in [0, 0.05) is 18.9 Å². The number of carbonyl (C=O) groups is 3. The fourth-order valence-electron chi connectivity index (χ4n) is 5.59. The molecule has 0 spiro atoms. The van der Waals surface area contributed by atoms with Crippen molar-refractivity contribution < 1.29 is 29.0 Å². The Labute approximate surface area is 240 Å². The lowest BCUT2D eigenvalue weighted by molar-refractivity contribution is -0.146. The van der Waals surface area contributed by atoms with Gasteiger partial charge in [-0.05, 0) is 59.4 Å². The van der Waals surface area contributed by atoms with Gasteiger partial charge in [-0.1, -0.05) is 78.9 Å². The average molecular weight is 557 g/mol. The molecule has 8 nitrogen and oxygen atoms in total. The monoisotopic (exact) mass is 556 g/mol. The van der Waals surface area contributed by atoms with Gasteiger partial charge in [-0.15, -0.1) is 0 Å². The van der Waals surface area contributed by atoms with Crippen molar-refractivity contribution in [2.75, 3.05) is 13.2 Å². The summed E-state index contributed by atoms with van der Waals surface area (Å²) in [4.78, 5) is 37.5. The number of rotatable bonds is 13. The third-order valence-corrected chi connectivity index (χ3v) is 8.00. The SMILES string of the molecule is C[C@@H](OCc1ccccc1)[C@H](NC(=O)CC(CNC(=O)OCC1c2ccccc2-c2ccccc21)C1CC1)C(=O)O. The lowest BCUT2D eigenvalue weighted by Gasteiger charge is -2.23. The van der Waals surface area contributed by atoms with Crippen LogP contribution in [-0.4, -0.2) is 48.4 Å². The summed E-state index contributed by atoms with van der Waals surface area (Å²) in [5.74, 6) is -1.36. The molecular formula is C33H36N2O6. The third-order valence-electron chi connectivity index (χ3n) is 8.00. The van der Waals surface area contributed by atoms with E-state index in [1.54, 1.807) is 6.92 Å². The van der Waals surface area contributed by atoms with Gasteiger partial charge in [0.15, 0.2) is 6.04 Å². The molecule has 3 aromatic rings. The van der Waals surface area contributed by atoms with Crippen molar-refractivity contribution in [1.29, 1.82) is 0 Å². The molecule has 5 rings (SSSR count). The van der Waals surface area contributed by atoms with E-state index in [2.05, 4.69) is 34.9 Å². The molecule has 0 aromatic heterocycles. The van der Waals surface area contributed by atoms with Crippen molar-refractivity contribution in [3.63, 3.8) is 0 Å². The minimum absolute atomic E-state index is 0.0304. The number of alkyl carbamates (subject to hydrolysis) is 1. The number of carbonyl (C=O) groups excluding carboxylic acids is 2. The maximum absolute atomic E-state index is 12.9. The molecule has 2 aliphatic carbocycles. The van der Waals surface area contributed by atoms with Crippen molar-refractivity contribution in [2.45, 2.75) is 50.9 Å². The van der Waals surface area contributed by atoms with Crippen LogP contribution in [0.3, 0.4) is 0 Å². The van der Waals surface area contributed by atoms with Crippen LogP contribution in [0, 0.1) is 11.8 Å². The van der Waals surface area contributed by atoms with Gasteiger partial charge in [0.05, 0.1) is 12.7 Å². The van der Waals surface area contributed by atoms with Gasteiger partial charge in [-0.3, -0.25) is 4.79 Å². The van der Waals surface area contributed by atoms with Crippen LogP contribution in [0.1, 0.15) is 48.8 Å². The topological polar surface area (TPSA) is 114 Å². The van der Waals surface area contributed by atoms with Crippen molar-refractivity contribution in [1.82, 2.24) is 10.6 Å². The Kier molecular flexibility index (Phi) is 8.99. The number of carboxylic acids is 1. The van der Waals surface area contributed by atoms with E-state index in [1.165, 1.54) is 0 Å². The first-order valence-corrected chi connectivity index (χ1v) is 14.2. The summed E-state index contributed by atoms with van der Waals surface area (Å²) >= 11 is 0. The van der Waals surface area contributed by atoms with Crippen LogP contribution in [0.4, 0.5) is 4.79 Å². The van der Waals surface area contributed by atoms with Gasteiger partial charge < -0.3 is 25.2 Å². The number of benzene rings is 3. The highest BCUT2D eigenvalue weighted by Gasteiger charge is 2.35. The smallest absolute Gasteiger partial charge is 0.407 e. The van der Waals surface area contributed by atoms with Crippen LogP contribution in [0.25, 0.3) is 11.1 Å². The quantitative estimate of drug-likeness (QED) is 0.269. The molecule has 214 valence electrons. The van der Waals surface area contributed by atoms with E-state index in [1.807, 2.05) is 54.6 Å². The molecule has 8 heteroatoms.